The molecule has 0 spiro atoms. The van der Waals surface area contributed by atoms with Crippen LogP contribution in [-0.2, 0) is 6.54 Å². The molecule has 0 saturated carbocycles. The van der Waals surface area contributed by atoms with Crippen LogP contribution in [0.5, 0.6) is 5.75 Å². The van der Waals surface area contributed by atoms with Gasteiger partial charge in [-0.15, -0.1) is 0 Å². The topological polar surface area (TPSA) is 115 Å². The first-order valence-corrected chi connectivity index (χ1v) is 10.2. The largest absolute Gasteiger partial charge is 0.497 e. The Hall–Kier alpha value is -3.29. The van der Waals surface area contributed by atoms with Crippen LogP contribution in [0.1, 0.15) is 32.3 Å². The van der Waals surface area contributed by atoms with Crippen molar-refractivity contribution in [2.24, 2.45) is 11.6 Å². The third-order valence-corrected chi connectivity index (χ3v) is 5.57. The minimum atomic E-state index is -1.08. The maximum absolute atomic E-state index is 12.2. The highest BCUT2D eigenvalue weighted by Gasteiger charge is 2.25. The first kappa shape index (κ1) is 22.4. The number of hydrogen-bond acceptors (Lipinski definition) is 7. The molecule has 164 valence electrons. The fourth-order valence-corrected chi connectivity index (χ4v) is 3.55. The van der Waals surface area contributed by atoms with E-state index in [4.69, 9.17) is 20.7 Å². The molecule has 0 radical (unpaired) electrons. The van der Waals surface area contributed by atoms with Gasteiger partial charge in [0.05, 0.1) is 19.4 Å². The number of nitrogens with two attached hydrogens (primary N) is 2. The van der Waals surface area contributed by atoms with Gasteiger partial charge in [-0.1, -0.05) is 38.1 Å². The highest BCUT2D eigenvalue weighted by molar-refractivity contribution is 5.93. The predicted molar refractivity (Wildman–Crippen MR) is 122 cm³/mol. The summed E-state index contributed by atoms with van der Waals surface area (Å²) in [6.07, 6.45) is 2.53. The number of methoxy groups -OCH3 is 1. The van der Waals surface area contributed by atoms with Crippen molar-refractivity contribution >= 4 is 11.0 Å². The van der Waals surface area contributed by atoms with E-state index in [9.17, 15) is 9.90 Å². The molecule has 1 aromatic heterocycles. The van der Waals surface area contributed by atoms with Gasteiger partial charge in [0.1, 0.15) is 16.9 Å². The van der Waals surface area contributed by atoms with Crippen molar-refractivity contribution in [2.45, 2.75) is 38.8 Å². The predicted octanol–water partition coefficient (Wildman–Crippen LogP) is 3.50. The number of hydrazine groups is 1. The number of aliphatic hydroxyl groups is 1. The average Bonchev–Trinajstić information content (AvgIpc) is 2.77. The van der Waals surface area contributed by atoms with Crippen LogP contribution in [0.15, 0.2) is 69.6 Å². The summed E-state index contributed by atoms with van der Waals surface area (Å²) in [5, 5.41) is 12.7. The lowest BCUT2D eigenvalue weighted by Gasteiger charge is -2.27. The van der Waals surface area contributed by atoms with Gasteiger partial charge in [0, 0.05) is 17.7 Å². The van der Waals surface area contributed by atoms with Gasteiger partial charge in [-0.3, -0.25) is 0 Å². The van der Waals surface area contributed by atoms with E-state index in [2.05, 4.69) is 0 Å². The zero-order valence-corrected chi connectivity index (χ0v) is 18.1. The zero-order chi connectivity index (χ0) is 22.6. The monoisotopic (exact) mass is 423 g/mol. The Labute approximate surface area is 181 Å². The van der Waals surface area contributed by atoms with Gasteiger partial charge in [0.2, 0.25) is 0 Å². The Bertz CT molecular complexity index is 1150. The summed E-state index contributed by atoms with van der Waals surface area (Å²) in [6.45, 7) is 4.07. The summed E-state index contributed by atoms with van der Waals surface area (Å²) < 4.78 is 10.7. The Morgan fingerprint density at radius 1 is 1.19 bits per heavy atom. The van der Waals surface area contributed by atoms with Gasteiger partial charge in [0.15, 0.2) is 0 Å². The Balaban J connectivity index is 1.94. The maximum Gasteiger partial charge on any atom is 0.336 e. The summed E-state index contributed by atoms with van der Waals surface area (Å²) in [4.78, 5) is 12.2. The van der Waals surface area contributed by atoms with Crippen LogP contribution < -0.4 is 21.9 Å². The lowest BCUT2D eigenvalue weighted by atomic mass is 9.94. The Morgan fingerprint density at radius 2 is 1.94 bits per heavy atom. The van der Waals surface area contributed by atoms with Crippen molar-refractivity contribution in [1.82, 2.24) is 5.01 Å². The number of hydrogen-bond donors (Lipinski definition) is 3. The van der Waals surface area contributed by atoms with Crippen LogP contribution in [0, 0.1) is 0 Å². The minimum Gasteiger partial charge on any atom is -0.497 e. The SMILES string of the molecule is CCC(O)(CC)/C(N)=C/N(N)Cc1ccc2c(-c3cccc(OC)c3)cc(=O)oc2c1. The van der Waals surface area contributed by atoms with Crippen molar-refractivity contribution in [3.63, 3.8) is 0 Å². The molecule has 0 fully saturated rings. The lowest BCUT2D eigenvalue weighted by molar-refractivity contribution is 0.0663. The van der Waals surface area contributed by atoms with Crippen molar-refractivity contribution < 1.29 is 14.3 Å². The highest BCUT2D eigenvalue weighted by Crippen LogP contribution is 2.30. The molecule has 7 nitrogen and oxygen atoms in total. The van der Waals surface area contributed by atoms with Gasteiger partial charge >= 0.3 is 5.63 Å². The third-order valence-electron chi connectivity index (χ3n) is 5.57. The fourth-order valence-electron chi connectivity index (χ4n) is 3.55. The summed E-state index contributed by atoms with van der Waals surface area (Å²) in [5.74, 6) is 6.81. The van der Waals surface area contributed by atoms with Crippen molar-refractivity contribution in [3.05, 3.63) is 76.4 Å². The van der Waals surface area contributed by atoms with Gasteiger partial charge < -0.3 is 25.0 Å². The van der Waals surface area contributed by atoms with E-state index in [1.54, 1.807) is 19.4 Å². The molecule has 31 heavy (non-hydrogen) atoms. The molecule has 0 atom stereocenters. The van der Waals surface area contributed by atoms with E-state index >= 15 is 0 Å². The number of benzene rings is 2. The molecule has 3 rings (SSSR count). The third kappa shape index (κ3) is 4.90. The molecule has 1 heterocycles. The van der Waals surface area contributed by atoms with E-state index in [1.165, 1.54) is 11.1 Å². The molecule has 0 bridgehead atoms. The smallest absolute Gasteiger partial charge is 0.336 e. The molecule has 0 aliphatic heterocycles. The van der Waals surface area contributed by atoms with Crippen molar-refractivity contribution in [3.8, 4) is 16.9 Å². The molecular weight excluding hydrogens is 394 g/mol. The Kier molecular flexibility index (Phi) is 6.68. The second kappa shape index (κ2) is 9.24. The molecule has 2 aromatic carbocycles. The van der Waals surface area contributed by atoms with Gasteiger partial charge in [-0.25, -0.2) is 10.6 Å². The van der Waals surface area contributed by atoms with Gasteiger partial charge in [-0.2, -0.15) is 0 Å². The molecule has 3 aromatic rings. The van der Waals surface area contributed by atoms with Crippen LogP contribution in [0.25, 0.3) is 22.1 Å². The van der Waals surface area contributed by atoms with E-state index in [1.807, 2.05) is 50.2 Å². The molecule has 7 heteroatoms. The minimum absolute atomic E-state index is 0.313. The average molecular weight is 424 g/mol. The first-order chi connectivity index (χ1) is 14.8. The molecule has 0 aliphatic carbocycles. The van der Waals surface area contributed by atoms with E-state index in [0.717, 1.165) is 22.1 Å². The second-order valence-electron chi connectivity index (χ2n) is 7.54. The van der Waals surface area contributed by atoms with Crippen molar-refractivity contribution in [2.75, 3.05) is 7.11 Å². The number of ether oxygens (including phenoxy) is 1. The Morgan fingerprint density at radius 3 is 2.61 bits per heavy atom. The lowest BCUT2D eigenvalue weighted by Crippen LogP contribution is -2.37. The summed E-state index contributed by atoms with van der Waals surface area (Å²) in [5.41, 5.74) is 7.78. The normalized spacial score (nSPS) is 12.2. The number of rotatable bonds is 8. The fraction of sp³-hybridized carbons (Fsp3) is 0.292. The standard InChI is InChI=1S/C24H29N3O4/c1-4-24(29,5-2)22(25)15-27(26)14-16-9-10-19-20(13-23(28)31-21(19)11-16)17-7-6-8-18(12-17)30-3/h6-13,15,29H,4-5,14,25-26H2,1-3H3/b22-15-. The maximum atomic E-state index is 12.2. The quantitative estimate of drug-likeness (QED) is 0.289. The highest BCUT2D eigenvalue weighted by atomic mass is 16.5. The summed E-state index contributed by atoms with van der Waals surface area (Å²) in [7, 11) is 1.60. The first-order valence-electron chi connectivity index (χ1n) is 10.2. The van der Waals surface area contributed by atoms with Crippen LogP contribution in [0.3, 0.4) is 0 Å². The zero-order valence-electron chi connectivity index (χ0n) is 18.1. The molecule has 0 unspecified atom stereocenters. The van der Waals surface area contributed by atoms with E-state index < -0.39 is 11.2 Å². The van der Waals surface area contributed by atoms with Crippen LogP contribution in [0.4, 0.5) is 0 Å². The van der Waals surface area contributed by atoms with Crippen LogP contribution in [-0.4, -0.2) is 22.8 Å². The van der Waals surface area contributed by atoms with E-state index in [0.29, 0.717) is 36.4 Å². The molecule has 5 N–H and O–H groups in total. The van der Waals surface area contributed by atoms with Gasteiger partial charge in [-0.05, 0) is 47.7 Å². The van der Waals surface area contributed by atoms with Crippen LogP contribution >= 0.6 is 0 Å². The second-order valence-corrected chi connectivity index (χ2v) is 7.54. The molecule has 0 amide bonds. The number of fused-ring (bicyclic) bond motifs is 1. The van der Waals surface area contributed by atoms with Crippen LogP contribution in [0.2, 0.25) is 0 Å². The van der Waals surface area contributed by atoms with Crippen molar-refractivity contribution in [1.29, 1.82) is 0 Å². The molecule has 0 aliphatic rings. The molecular formula is C24H29N3O4. The van der Waals surface area contributed by atoms with Gasteiger partial charge in [0.25, 0.3) is 0 Å². The van der Waals surface area contributed by atoms with E-state index in [-0.39, 0.29) is 0 Å². The number of nitrogens with zero attached hydrogens (tertiary/aromatic N) is 1. The summed E-state index contributed by atoms with van der Waals surface area (Å²) in [6, 6.07) is 14.6. The summed E-state index contributed by atoms with van der Waals surface area (Å²) >= 11 is 0. The molecule has 0 saturated heterocycles.